The second-order valence-corrected chi connectivity index (χ2v) is 4.84. The van der Waals surface area contributed by atoms with Gasteiger partial charge >= 0.3 is 5.97 Å². The van der Waals surface area contributed by atoms with Gasteiger partial charge in [-0.25, -0.2) is 0 Å². The molecule has 0 saturated carbocycles. The monoisotopic (exact) mass is 252 g/mol. The van der Waals surface area contributed by atoms with Crippen molar-refractivity contribution in [3.05, 3.63) is 34.3 Å². The van der Waals surface area contributed by atoms with Gasteiger partial charge in [0.2, 0.25) is 0 Å². The summed E-state index contributed by atoms with van der Waals surface area (Å²) in [6.07, 6.45) is 0.208. The van der Waals surface area contributed by atoms with E-state index in [2.05, 4.69) is 0 Å². The van der Waals surface area contributed by atoms with E-state index >= 15 is 0 Å². The van der Waals surface area contributed by atoms with Gasteiger partial charge in [0.25, 0.3) is 0 Å². The smallest absolute Gasteiger partial charge is 0.317 e. The highest BCUT2D eigenvalue weighted by Gasteiger charge is 2.37. The minimum absolute atomic E-state index is 0.187. The lowest BCUT2D eigenvalue weighted by Gasteiger charge is -2.11. The summed E-state index contributed by atoms with van der Waals surface area (Å²) in [4.78, 5) is 23.8. The van der Waals surface area contributed by atoms with E-state index in [1.54, 1.807) is 32.0 Å². The van der Waals surface area contributed by atoms with Crippen LogP contribution in [0.5, 0.6) is 0 Å². The second kappa shape index (κ2) is 4.49. The number of hydrogen-bond donors (Lipinski definition) is 0. The van der Waals surface area contributed by atoms with Crippen LogP contribution in [0.1, 0.15) is 29.8 Å². The largest absolute Gasteiger partial charge is 0.462 e. The number of Topliss-reactive ketones (excluding diaryl/α,β-unsaturated/α-hetero) is 1. The lowest BCUT2D eigenvalue weighted by molar-refractivity contribution is -0.150. The van der Waals surface area contributed by atoms with E-state index in [0.29, 0.717) is 17.0 Å². The number of halogens is 1. The van der Waals surface area contributed by atoms with Crippen molar-refractivity contribution in [2.45, 2.75) is 26.4 Å². The van der Waals surface area contributed by atoms with Gasteiger partial charge in [0, 0.05) is 10.6 Å². The molecule has 1 aromatic rings. The van der Waals surface area contributed by atoms with Crippen molar-refractivity contribution in [1.82, 2.24) is 0 Å². The van der Waals surface area contributed by atoms with Crippen LogP contribution in [0.3, 0.4) is 0 Å². The summed E-state index contributed by atoms with van der Waals surface area (Å²) < 4.78 is 5.07. The van der Waals surface area contributed by atoms with Crippen LogP contribution >= 0.6 is 11.6 Å². The van der Waals surface area contributed by atoms with E-state index in [1.165, 1.54) is 0 Å². The lowest BCUT2D eigenvalue weighted by atomic mass is 10.1. The quantitative estimate of drug-likeness (QED) is 0.600. The Morgan fingerprint density at radius 1 is 1.47 bits per heavy atom. The number of rotatable bonds is 2. The zero-order valence-corrected chi connectivity index (χ0v) is 10.5. The van der Waals surface area contributed by atoms with Gasteiger partial charge in [-0.05, 0) is 38.0 Å². The molecule has 3 nitrogen and oxygen atoms in total. The maximum Gasteiger partial charge on any atom is 0.317 e. The highest BCUT2D eigenvalue weighted by molar-refractivity contribution is 6.31. The minimum Gasteiger partial charge on any atom is -0.462 e. The fraction of sp³-hybridized carbons (Fsp3) is 0.385. The number of esters is 1. The molecule has 1 aliphatic rings. The Morgan fingerprint density at radius 3 is 2.82 bits per heavy atom. The molecule has 17 heavy (non-hydrogen) atoms. The average molecular weight is 253 g/mol. The highest BCUT2D eigenvalue weighted by atomic mass is 35.5. The topological polar surface area (TPSA) is 43.4 Å². The molecular formula is C13H13ClO3. The first kappa shape index (κ1) is 12.1. The summed E-state index contributed by atoms with van der Waals surface area (Å²) in [5, 5.41) is 0.509. The molecule has 2 rings (SSSR count). The Hall–Kier alpha value is -1.35. The first-order valence-corrected chi connectivity index (χ1v) is 5.90. The molecule has 0 saturated heterocycles. The van der Waals surface area contributed by atoms with E-state index in [1.807, 2.05) is 0 Å². The van der Waals surface area contributed by atoms with Gasteiger partial charge in [-0.3, -0.25) is 9.59 Å². The molecule has 0 bridgehead atoms. The predicted molar refractivity (Wildman–Crippen MR) is 64.2 cm³/mol. The van der Waals surface area contributed by atoms with Gasteiger partial charge in [-0.1, -0.05) is 17.7 Å². The van der Waals surface area contributed by atoms with Crippen molar-refractivity contribution in [3.8, 4) is 0 Å². The number of carbonyl (C=O) groups is 2. The van der Waals surface area contributed by atoms with Gasteiger partial charge in [-0.15, -0.1) is 0 Å². The Labute approximate surface area is 105 Å². The van der Waals surface area contributed by atoms with Crippen LogP contribution in [0, 0.1) is 5.92 Å². The number of benzene rings is 1. The average Bonchev–Trinajstić information content (AvgIpc) is 2.55. The van der Waals surface area contributed by atoms with Crippen LogP contribution in [-0.2, 0) is 16.0 Å². The molecule has 0 heterocycles. The van der Waals surface area contributed by atoms with E-state index in [0.717, 1.165) is 5.56 Å². The number of hydrogen-bond acceptors (Lipinski definition) is 3. The third-order valence-electron chi connectivity index (χ3n) is 2.71. The molecule has 4 heteroatoms. The molecule has 0 fully saturated rings. The Kier molecular flexibility index (Phi) is 3.20. The number of ketones is 1. The summed E-state index contributed by atoms with van der Waals surface area (Å²) in [6.45, 7) is 3.53. The highest BCUT2D eigenvalue weighted by Crippen LogP contribution is 2.30. The molecule has 0 N–H and O–H groups in total. The fourth-order valence-corrected chi connectivity index (χ4v) is 2.13. The molecular weight excluding hydrogens is 240 g/mol. The SMILES string of the molecule is CC(C)OC(=O)C1Cc2ccc(Cl)cc2C1=O. The van der Waals surface area contributed by atoms with Crippen LogP contribution in [0.25, 0.3) is 0 Å². The van der Waals surface area contributed by atoms with Gasteiger partial charge < -0.3 is 4.74 Å². The maximum atomic E-state index is 12.0. The summed E-state index contributed by atoms with van der Waals surface area (Å²) in [6, 6.07) is 5.13. The molecule has 0 aromatic heterocycles. The normalized spacial score (nSPS) is 18.4. The number of fused-ring (bicyclic) bond motifs is 1. The number of ether oxygens (including phenoxy) is 1. The molecule has 1 atom stereocenters. The van der Waals surface area contributed by atoms with Gasteiger partial charge in [0.05, 0.1) is 6.10 Å². The standard InChI is InChI=1S/C13H13ClO3/c1-7(2)17-13(16)11-5-8-3-4-9(14)6-10(8)12(11)15/h3-4,6-7,11H,5H2,1-2H3. The van der Waals surface area contributed by atoms with E-state index in [4.69, 9.17) is 16.3 Å². The summed E-state index contributed by atoms with van der Waals surface area (Å²) >= 11 is 5.83. The van der Waals surface area contributed by atoms with Gasteiger partial charge in [-0.2, -0.15) is 0 Å². The van der Waals surface area contributed by atoms with Crippen LogP contribution < -0.4 is 0 Å². The third kappa shape index (κ3) is 2.34. The van der Waals surface area contributed by atoms with Gasteiger partial charge in [0.15, 0.2) is 5.78 Å². The van der Waals surface area contributed by atoms with Gasteiger partial charge in [0.1, 0.15) is 5.92 Å². The molecule has 0 aliphatic heterocycles. The van der Waals surface area contributed by atoms with E-state index in [9.17, 15) is 9.59 Å². The van der Waals surface area contributed by atoms with Crippen molar-refractivity contribution in [1.29, 1.82) is 0 Å². The van der Waals surface area contributed by atoms with Crippen molar-refractivity contribution in [2.75, 3.05) is 0 Å². The number of carbonyl (C=O) groups excluding carboxylic acids is 2. The zero-order valence-electron chi connectivity index (χ0n) is 9.70. The fourth-order valence-electron chi connectivity index (χ4n) is 1.96. The third-order valence-corrected chi connectivity index (χ3v) is 2.95. The molecule has 90 valence electrons. The van der Waals surface area contributed by atoms with Crippen LogP contribution in [0.2, 0.25) is 5.02 Å². The summed E-state index contributed by atoms with van der Waals surface area (Å²) in [5.41, 5.74) is 1.41. The summed E-state index contributed by atoms with van der Waals surface area (Å²) in [5.74, 6) is -1.34. The first-order chi connectivity index (χ1) is 7.99. The first-order valence-electron chi connectivity index (χ1n) is 5.52. The van der Waals surface area contributed by atoms with Crippen LogP contribution in [0.4, 0.5) is 0 Å². The Bertz CT molecular complexity index is 480. The zero-order chi connectivity index (χ0) is 12.6. The lowest BCUT2D eigenvalue weighted by Crippen LogP contribution is -2.25. The van der Waals surface area contributed by atoms with Crippen LogP contribution in [0.15, 0.2) is 18.2 Å². The molecule has 0 spiro atoms. The molecule has 1 unspecified atom stereocenters. The molecule has 1 aliphatic carbocycles. The predicted octanol–water partition coefficient (Wildman–Crippen LogP) is 2.65. The van der Waals surface area contributed by atoms with E-state index < -0.39 is 11.9 Å². The minimum atomic E-state index is -0.703. The second-order valence-electron chi connectivity index (χ2n) is 4.41. The molecule has 0 amide bonds. The van der Waals surface area contributed by atoms with Crippen molar-refractivity contribution in [3.63, 3.8) is 0 Å². The summed E-state index contributed by atoms with van der Waals surface area (Å²) in [7, 11) is 0. The maximum absolute atomic E-state index is 12.0. The molecule has 1 aromatic carbocycles. The van der Waals surface area contributed by atoms with Crippen molar-refractivity contribution < 1.29 is 14.3 Å². The van der Waals surface area contributed by atoms with Crippen molar-refractivity contribution >= 4 is 23.4 Å². The Balaban J connectivity index is 2.23. The van der Waals surface area contributed by atoms with Crippen LogP contribution in [-0.4, -0.2) is 17.9 Å². The van der Waals surface area contributed by atoms with Crippen molar-refractivity contribution in [2.24, 2.45) is 5.92 Å². The molecule has 0 radical (unpaired) electrons. The Morgan fingerprint density at radius 2 is 2.18 bits per heavy atom. The van der Waals surface area contributed by atoms with E-state index in [-0.39, 0.29) is 11.9 Å².